The summed E-state index contributed by atoms with van der Waals surface area (Å²) in [6.45, 7) is 5.07. The Labute approximate surface area is 136 Å². The van der Waals surface area contributed by atoms with Crippen LogP contribution in [-0.2, 0) is 20.8 Å². The highest BCUT2D eigenvalue weighted by atomic mass is 32.1. The first-order valence-electron chi connectivity index (χ1n) is 7.05. The van der Waals surface area contributed by atoms with E-state index in [1.165, 1.54) is 17.6 Å². The summed E-state index contributed by atoms with van der Waals surface area (Å²) in [6, 6.07) is 5.74. The van der Waals surface area contributed by atoms with Gasteiger partial charge in [-0.15, -0.1) is 6.58 Å². The zero-order valence-corrected chi connectivity index (χ0v) is 13.5. The zero-order chi connectivity index (χ0) is 16.2. The van der Waals surface area contributed by atoms with E-state index in [1.54, 1.807) is 13.2 Å². The van der Waals surface area contributed by atoms with E-state index in [2.05, 4.69) is 11.6 Å². The maximum absolute atomic E-state index is 12.3. The molecule has 23 heavy (non-hydrogen) atoms. The lowest BCUT2D eigenvalue weighted by Gasteiger charge is -2.12. The van der Waals surface area contributed by atoms with Crippen LogP contribution in [0.3, 0.4) is 0 Å². The molecular weight excluding hydrogens is 316 g/mol. The van der Waals surface area contributed by atoms with E-state index >= 15 is 0 Å². The number of thiazole rings is 1. The lowest BCUT2D eigenvalue weighted by molar-refractivity contribution is -0.119. The number of fused-ring (bicyclic) bond motifs is 1. The maximum atomic E-state index is 12.3. The molecule has 1 aromatic heterocycles. The Morgan fingerprint density at radius 3 is 3.09 bits per heavy atom. The quantitative estimate of drug-likeness (QED) is 0.806. The lowest BCUT2D eigenvalue weighted by Crippen LogP contribution is -2.19. The average Bonchev–Trinajstić information content (AvgIpc) is 2.93. The van der Waals surface area contributed by atoms with E-state index in [9.17, 15) is 4.79 Å². The van der Waals surface area contributed by atoms with Gasteiger partial charge in [0.15, 0.2) is 4.80 Å². The maximum Gasteiger partial charge on any atom is 0.317 e. The van der Waals surface area contributed by atoms with Crippen LogP contribution in [0.4, 0.5) is 0 Å². The predicted octanol–water partition coefficient (Wildman–Crippen LogP) is 2.21. The fourth-order valence-corrected chi connectivity index (χ4v) is 3.32. The smallest absolute Gasteiger partial charge is 0.317 e. The number of para-hydroxylation sites is 1. The van der Waals surface area contributed by atoms with Crippen molar-refractivity contribution in [3.8, 4) is 5.75 Å². The summed E-state index contributed by atoms with van der Waals surface area (Å²) in [6.07, 6.45) is 3.06. The molecule has 1 amide bonds. The lowest BCUT2D eigenvalue weighted by atomic mass is 10.3. The van der Waals surface area contributed by atoms with Gasteiger partial charge in [-0.25, -0.2) is 0 Å². The molecule has 0 aliphatic carbocycles. The van der Waals surface area contributed by atoms with Gasteiger partial charge < -0.3 is 18.8 Å². The molecule has 7 heteroatoms. The van der Waals surface area contributed by atoms with E-state index in [0.717, 1.165) is 16.0 Å². The molecule has 0 unspecified atom stereocenters. The van der Waals surface area contributed by atoms with Crippen LogP contribution in [0, 0.1) is 0 Å². The number of hydrogen-bond donors (Lipinski definition) is 0. The van der Waals surface area contributed by atoms with E-state index in [0.29, 0.717) is 24.6 Å². The largest absolute Gasteiger partial charge is 0.495 e. The van der Waals surface area contributed by atoms with Crippen molar-refractivity contribution >= 4 is 27.5 Å². The number of methoxy groups -OCH3 is 1. The molecule has 6 nitrogen and oxygen atoms in total. The Bertz CT molecular complexity index is 847. The molecule has 2 aromatic rings. The number of rotatable bonds is 4. The Morgan fingerprint density at radius 2 is 2.39 bits per heavy atom. The topological polar surface area (TPSA) is 62.1 Å². The third-order valence-electron chi connectivity index (χ3n) is 3.25. The fourth-order valence-electron chi connectivity index (χ4n) is 2.27. The highest BCUT2D eigenvalue weighted by molar-refractivity contribution is 7.16. The van der Waals surface area contributed by atoms with E-state index < -0.39 is 5.91 Å². The number of hydrogen-bond acceptors (Lipinski definition) is 5. The Hall–Kier alpha value is -2.54. The first kappa shape index (κ1) is 15.4. The van der Waals surface area contributed by atoms with Gasteiger partial charge >= 0.3 is 5.91 Å². The van der Waals surface area contributed by atoms with Crippen LogP contribution in [0.1, 0.15) is 0 Å². The molecule has 1 aliphatic rings. The van der Waals surface area contributed by atoms with Gasteiger partial charge in [-0.1, -0.05) is 23.5 Å². The number of carbonyl (C=O) groups excluding carboxylic acids is 1. The van der Waals surface area contributed by atoms with Gasteiger partial charge in [-0.3, -0.25) is 4.79 Å². The molecule has 3 rings (SSSR count). The van der Waals surface area contributed by atoms with Gasteiger partial charge in [-0.05, 0) is 12.1 Å². The molecule has 0 saturated carbocycles. The highest BCUT2D eigenvalue weighted by Gasteiger charge is 2.16. The molecule has 0 radical (unpaired) electrons. The molecule has 0 spiro atoms. The predicted molar refractivity (Wildman–Crippen MR) is 87.1 cm³/mol. The second-order valence-corrected chi connectivity index (χ2v) is 5.72. The Balaban J connectivity index is 2.14. The number of nitrogens with zero attached hydrogens (tertiary/aromatic N) is 2. The zero-order valence-electron chi connectivity index (χ0n) is 12.7. The summed E-state index contributed by atoms with van der Waals surface area (Å²) in [7, 11) is 1.62. The standard InChI is InChI=1S/C16H16N2O4S/c1-3-7-18-14-11(20-2)5-4-6-13(14)23-16(18)17-15(19)12-10-21-8-9-22-12/h3-6,10H,1,7-9H2,2H3. The van der Waals surface area contributed by atoms with Crippen LogP contribution in [0.2, 0.25) is 0 Å². The second kappa shape index (κ2) is 6.70. The second-order valence-electron chi connectivity index (χ2n) is 4.71. The first-order valence-corrected chi connectivity index (χ1v) is 7.87. The van der Waals surface area contributed by atoms with Crippen molar-refractivity contribution in [2.75, 3.05) is 20.3 Å². The van der Waals surface area contributed by atoms with Crippen molar-refractivity contribution in [2.24, 2.45) is 4.99 Å². The van der Waals surface area contributed by atoms with Crippen LogP contribution in [0.25, 0.3) is 10.2 Å². The molecular formula is C16H16N2O4S. The van der Waals surface area contributed by atoms with Gasteiger partial charge in [0.2, 0.25) is 5.76 Å². The molecule has 1 aromatic carbocycles. The normalized spacial score (nSPS) is 14.8. The van der Waals surface area contributed by atoms with Crippen molar-refractivity contribution in [1.29, 1.82) is 0 Å². The van der Waals surface area contributed by atoms with Crippen LogP contribution in [0.15, 0.2) is 47.9 Å². The van der Waals surface area contributed by atoms with Gasteiger partial charge in [0.25, 0.3) is 0 Å². The van der Waals surface area contributed by atoms with Crippen LogP contribution >= 0.6 is 11.3 Å². The summed E-state index contributed by atoms with van der Waals surface area (Å²) >= 11 is 1.41. The van der Waals surface area contributed by atoms with Gasteiger partial charge in [0.05, 0.1) is 11.8 Å². The Kier molecular flexibility index (Phi) is 4.47. The molecule has 0 N–H and O–H groups in total. The molecule has 1 aliphatic heterocycles. The summed E-state index contributed by atoms with van der Waals surface area (Å²) in [5.41, 5.74) is 0.890. The van der Waals surface area contributed by atoms with Gasteiger partial charge in [0.1, 0.15) is 30.7 Å². The Morgan fingerprint density at radius 1 is 1.52 bits per heavy atom. The van der Waals surface area contributed by atoms with Gasteiger partial charge in [0, 0.05) is 6.54 Å². The minimum absolute atomic E-state index is 0.117. The molecule has 0 fully saturated rings. The summed E-state index contributed by atoms with van der Waals surface area (Å²) < 4.78 is 18.7. The molecule has 0 saturated heterocycles. The molecule has 0 atom stereocenters. The number of amides is 1. The van der Waals surface area contributed by atoms with Crippen molar-refractivity contribution in [3.05, 3.63) is 47.7 Å². The summed E-state index contributed by atoms with van der Waals surface area (Å²) in [4.78, 5) is 17.0. The van der Waals surface area contributed by atoms with Crippen LogP contribution in [0.5, 0.6) is 5.75 Å². The SMILES string of the molecule is C=CCn1c(=NC(=O)C2=COCCO2)sc2cccc(OC)c21. The van der Waals surface area contributed by atoms with Crippen LogP contribution < -0.4 is 9.54 Å². The number of carbonyl (C=O) groups is 1. The van der Waals surface area contributed by atoms with Crippen molar-refractivity contribution < 1.29 is 19.0 Å². The average molecular weight is 332 g/mol. The highest BCUT2D eigenvalue weighted by Crippen LogP contribution is 2.27. The van der Waals surface area contributed by atoms with Gasteiger partial charge in [-0.2, -0.15) is 4.99 Å². The van der Waals surface area contributed by atoms with Crippen molar-refractivity contribution in [2.45, 2.75) is 6.54 Å². The first-order chi connectivity index (χ1) is 11.2. The number of aromatic nitrogens is 1. The summed E-state index contributed by atoms with van der Waals surface area (Å²) in [5, 5.41) is 0. The molecule has 2 heterocycles. The number of allylic oxidation sites excluding steroid dienone is 1. The monoisotopic (exact) mass is 332 g/mol. The van der Waals surface area contributed by atoms with Crippen molar-refractivity contribution in [1.82, 2.24) is 4.57 Å². The van der Waals surface area contributed by atoms with E-state index in [-0.39, 0.29) is 5.76 Å². The third-order valence-corrected chi connectivity index (χ3v) is 4.30. The minimum atomic E-state index is -0.465. The summed E-state index contributed by atoms with van der Waals surface area (Å²) in [5.74, 6) is 0.379. The molecule has 0 bridgehead atoms. The van der Waals surface area contributed by atoms with E-state index in [4.69, 9.17) is 14.2 Å². The van der Waals surface area contributed by atoms with Crippen LogP contribution in [-0.4, -0.2) is 30.8 Å². The fraction of sp³-hybridized carbons (Fsp3) is 0.250. The number of ether oxygens (including phenoxy) is 3. The van der Waals surface area contributed by atoms with Crippen molar-refractivity contribution in [3.63, 3.8) is 0 Å². The third kappa shape index (κ3) is 3.00. The van der Waals surface area contributed by atoms with E-state index in [1.807, 2.05) is 22.8 Å². The minimum Gasteiger partial charge on any atom is -0.495 e. The number of benzene rings is 1. The molecule has 120 valence electrons.